The third-order valence-electron chi connectivity index (χ3n) is 7.28. The van der Waals surface area contributed by atoms with Crippen molar-refractivity contribution in [3.63, 3.8) is 0 Å². The van der Waals surface area contributed by atoms with Gasteiger partial charge in [-0.15, -0.1) is 0 Å². The van der Waals surface area contributed by atoms with Crippen molar-refractivity contribution in [2.24, 2.45) is 0 Å². The molecule has 1 aromatic carbocycles. The van der Waals surface area contributed by atoms with Gasteiger partial charge in [-0.25, -0.2) is 0 Å². The van der Waals surface area contributed by atoms with Crippen LogP contribution >= 0.6 is 6.88 Å². The summed E-state index contributed by atoms with van der Waals surface area (Å²) in [6, 6.07) is 2.48. The first-order valence-corrected chi connectivity index (χ1v) is 20.1. The summed E-state index contributed by atoms with van der Waals surface area (Å²) < 4.78 is 13.8. The van der Waals surface area contributed by atoms with E-state index < -0.39 is 0 Å². The number of allylic oxidation sites excluding steroid dienone is 2. The van der Waals surface area contributed by atoms with E-state index in [1.807, 2.05) is 0 Å². The van der Waals surface area contributed by atoms with Gasteiger partial charge in [0.15, 0.2) is 6.29 Å². The molecule has 1 aromatic rings. The summed E-state index contributed by atoms with van der Waals surface area (Å²) in [5.74, 6) is 0. The molecule has 1 rings (SSSR count). The van der Waals surface area contributed by atoms with Gasteiger partial charge in [0.1, 0.15) is 0 Å². The molecule has 2 nitrogen and oxygen atoms in total. The van der Waals surface area contributed by atoms with Gasteiger partial charge in [0, 0.05) is 13.2 Å². The second-order valence-electron chi connectivity index (χ2n) is 10.3. The number of rotatable bonds is 23. The molecule has 4 heteroatoms. The molecule has 1 atom stereocenters. The number of hydrogen-bond donors (Lipinski definition) is 0. The Balaban J connectivity index is 2.21. The molecule has 1 unspecified atom stereocenters. The van der Waals surface area contributed by atoms with Crippen molar-refractivity contribution in [1.29, 1.82) is 0 Å². The normalized spacial score (nSPS) is 12.0. The van der Waals surface area contributed by atoms with E-state index in [4.69, 9.17) is 9.47 Å². The molecule has 0 aliphatic heterocycles. The van der Waals surface area contributed by atoms with Crippen LogP contribution in [-0.2, 0) is 15.9 Å². The summed E-state index contributed by atoms with van der Waals surface area (Å²) in [4.78, 5) is 0. The molecule has 0 spiro atoms. The first kappa shape index (κ1) is 34.1. The van der Waals surface area contributed by atoms with E-state index in [1.165, 1.54) is 100 Å². The summed E-state index contributed by atoms with van der Waals surface area (Å²) in [7, 11) is 0. The first-order chi connectivity index (χ1) is 17.5. The minimum absolute atomic E-state index is 0.00610. The molecule has 210 valence electrons. The monoisotopic (exact) mass is 631 g/mol. The molecule has 0 bridgehead atoms. The fraction of sp³-hybridized carbons (Fsp3) is 0.750. The van der Waals surface area contributed by atoms with Crippen molar-refractivity contribution in [2.75, 3.05) is 13.2 Å². The van der Waals surface area contributed by atoms with Crippen LogP contribution in [0.25, 0.3) is 0 Å². The fourth-order valence-corrected chi connectivity index (χ4v) is 7.49. The largest absolute Gasteiger partial charge is 0.353 e. The van der Waals surface area contributed by atoms with E-state index in [9.17, 15) is 0 Å². The molecule has 0 heterocycles. The van der Waals surface area contributed by atoms with Gasteiger partial charge in [-0.1, -0.05) is 52.4 Å². The zero-order valence-electron chi connectivity index (χ0n) is 24.3. The maximum absolute atomic E-state index is 6.10. The van der Waals surface area contributed by atoms with Gasteiger partial charge in [-0.3, -0.25) is 0 Å². The Labute approximate surface area is 237 Å². The second-order valence-corrected chi connectivity index (χ2v) is 13.5. The van der Waals surface area contributed by atoms with Gasteiger partial charge in [0.2, 0.25) is 0 Å². The summed E-state index contributed by atoms with van der Waals surface area (Å²) in [6.07, 6.45) is 24.5. The van der Waals surface area contributed by atoms with Gasteiger partial charge >= 0.3 is 137 Å². The van der Waals surface area contributed by atoms with E-state index in [-0.39, 0.29) is 26.9 Å². The summed E-state index contributed by atoms with van der Waals surface area (Å²) in [5, 5.41) is 0. The Morgan fingerprint density at radius 2 is 1.31 bits per heavy atom. The van der Waals surface area contributed by atoms with Gasteiger partial charge in [0.25, 0.3) is 0 Å². The maximum atomic E-state index is 6.10. The van der Waals surface area contributed by atoms with Gasteiger partial charge in [-0.2, -0.15) is 0 Å². The van der Waals surface area contributed by atoms with Crippen LogP contribution in [-0.4, -0.2) is 19.5 Å². The molecule has 0 fully saturated rings. The van der Waals surface area contributed by atoms with Crippen LogP contribution < -0.4 is 20.7 Å². The van der Waals surface area contributed by atoms with Crippen LogP contribution in [0.3, 0.4) is 0 Å². The van der Waals surface area contributed by atoms with Crippen LogP contribution in [0.4, 0.5) is 0 Å². The van der Waals surface area contributed by atoms with E-state index in [1.54, 1.807) is 9.13 Å². The van der Waals surface area contributed by atoms with Crippen molar-refractivity contribution < 1.29 is 30.1 Å². The molecule has 0 saturated carbocycles. The Morgan fingerprint density at radius 3 is 1.89 bits per heavy atom. The third-order valence-corrected chi connectivity index (χ3v) is 10.6. The summed E-state index contributed by atoms with van der Waals surface area (Å²) >= 11 is 0.0780. The van der Waals surface area contributed by atoms with Gasteiger partial charge < -0.3 is 9.47 Å². The molecule has 0 N–H and O–H groups in total. The van der Waals surface area contributed by atoms with E-state index in [2.05, 4.69) is 59.7 Å². The Morgan fingerprint density at radius 1 is 0.722 bits per heavy atom. The van der Waals surface area contributed by atoms with Crippen molar-refractivity contribution in [3.05, 3.63) is 44.0 Å². The summed E-state index contributed by atoms with van der Waals surface area (Å²) in [5.41, 5.74) is 6.10. The van der Waals surface area contributed by atoms with Crippen LogP contribution in [0.15, 0.2) is 18.2 Å². The third kappa shape index (κ3) is 15.5. The van der Waals surface area contributed by atoms with Crippen molar-refractivity contribution in [3.8, 4) is 0 Å². The molecule has 0 aliphatic carbocycles. The molecule has 0 aliphatic rings. The standard InChI is InChI=1S/C32H57IO2P/c1-6-8-10-20-24-34-32(35-25-21-11-9-7-2)23-19-17-15-13-12-14-16-18-22-30-26-31(33-36)29(5)27(3)28(30)4/h12,14,26,32H,6-11,13,15-25,36H2,1-5H3/q-1/b14-12+. The quantitative estimate of drug-likeness (QED) is 0.0426. The molecule has 0 saturated heterocycles. The van der Waals surface area contributed by atoms with Crippen molar-refractivity contribution in [2.45, 2.75) is 144 Å². The fourth-order valence-electron chi connectivity index (χ4n) is 4.54. The van der Waals surface area contributed by atoms with Crippen LogP contribution in [0, 0.1) is 24.3 Å². The second kappa shape index (κ2) is 23.0. The molecular formula is C32H57IO2P-. The Hall–Kier alpha value is 0.0400. The van der Waals surface area contributed by atoms with Gasteiger partial charge in [-0.05, 0) is 19.3 Å². The van der Waals surface area contributed by atoms with Gasteiger partial charge in [0.05, 0.1) is 0 Å². The number of unbranched alkanes of at least 4 members (excludes halogenated alkanes) is 10. The predicted octanol–water partition coefficient (Wildman–Crippen LogP) is 7.01. The Kier molecular flexibility index (Phi) is 21.7. The minimum Gasteiger partial charge on any atom is -0.353 e. The molecule has 0 amide bonds. The smallest absolute Gasteiger partial charge is 0.0497 e. The molecular weight excluding hydrogens is 574 g/mol. The maximum Gasteiger partial charge on any atom is 0.0497 e. The number of aryl methyl sites for hydroxylation is 1. The van der Waals surface area contributed by atoms with E-state index >= 15 is 0 Å². The zero-order chi connectivity index (χ0) is 26.4. The van der Waals surface area contributed by atoms with Crippen molar-refractivity contribution >= 4 is 6.88 Å². The predicted molar refractivity (Wildman–Crippen MR) is 158 cm³/mol. The SMILES string of the molecule is CCCCCCOC(CCCCC/C=C/CCCc1cc([I-]P)c(C)c(C)c1C)OCCCCCC. The van der Waals surface area contributed by atoms with Crippen LogP contribution in [0.1, 0.15) is 132 Å². The minimum atomic E-state index is 0.00610. The van der Waals surface area contributed by atoms with Crippen LogP contribution in [0.5, 0.6) is 0 Å². The van der Waals surface area contributed by atoms with Crippen LogP contribution in [0.2, 0.25) is 0 Å². The van der Waals surface area contributed by atoms with E-state index in [0.29, 0.717) is 0 Å². The summed E-state index contributed by atoms with van der Waals surface area (Å²) in [6.45, 7) is 16.1. The average molecular weight is 632 g/mol. The molecule has 0 radical (unpaired) electrons. The Bertz CT molecular complexity index is 690. The number of benzene rings is 1. The molecule has 36 heavy (non-hydrogen) atoms. The first-order valence-electron chi connectivity index (χ1n) is 14.9. The topological polar surface area (TPSA) is 18.5 Å². The number of ether oxygens (including phenoxy) is 2. The van der Waals surface area contributed by atoms with Crippen molar-refractivity contribution in [1.82, 2.24) is 0 Å². The average Bonchev–Trinajstić information content (AvgIpc) is 2.88. The number of hydrogen-bond acceptors (Lipinski definition) is 2. The zero-order valence-corrected chi connectivity index (χ0v) is 27.6. The van der Waals surface area contributed by atoms with E-state index in [0.717, 1.165) is 32.5 Å². The molecule has 0 aromatic heterocycles. The number of halogens is 1.